The summed E-state index contributed by atoms with van der Waals surface area (Å²) in [4.78, 5) is 13.1. The third kappa shape index (κ3) is 35.5. The number of esters is 1. The normalized spacial score (nSPS) is 24.4. The quantitative estimate of drug-likeness (QED) is 0.0172. The molecule has 2 fully saturated rings. The van der Waals surface area contributed by atoms with Gasteiger partial charge in [-0.25, -0.2) is 0 Å². The molecule has 0 aliphatic carbocycles. The Balaban J connectivity index is 1.67. The van der Waals surface area contributed by atoms with E-state index in [1.807, 2.05) is 0 Å². The molecule has 11 unspecified atom stereocenters. The number of aliphatic hydroxyl groups excluding tert-OH is 7. The van der Waals surface area contributed by atoms with E-state index in [1.54, 1.807) is 0 Å². The van der Waals surface area contributed by atoms with Crippen LogP contribution in [0.2, 0.25) is 0 Å². The zero-order valence-corrected chi connectivity index (χ0v) is 48.5. The van der Waals surface area contributed by atoms with Crippen molar-refractivity contribution in [2.24, 2.45) is 0 Å². The standard InChI is InChI=1S/C62H118O14/c1-3-5-7-9-11-13-15-17-19-21-23-25-26-27-29-31-33-35-37-39-41-43-45-54(64)74-51(48-71-46-44-42-40-38-36-34-32-30-28-24-22-20-18-16-14-12-10-8-6-4-2)49-72-61-60(70)58(68)56(66)53(76-61)50-73-62-59(69)57(67)55(65)52(47-63)75-62/h18,20,51-53,55-63,65-70H,3-17,19,21-50H2,1-2H3/b20-18-. The van der Waals surface area contributed by atoms with Gasteiger partial charge < -0.3 is 64.2 Å². The van der Waals surface area contributed by atoms with Crippen LogP contribution >= 0.6 is 0 Å². The Hall–Kier alpha value is -1.27. The van der Waals surface area contributed by atoms with E-state index in [2.05, 4.69) is 26.0 Å². The second-order valence-corrected chi connectivity index (χ2v) is 22.6. The first-order valence-electron chi connectivity index (χ1n) is 31.8. The Morgan fingerprint density at radius 2 is 0.776 bits per heavy atom. The third-order valence-electron chi connectivity index (χ3n) is 15.5. The molecular weight excluding hydrogens is 969 g/mol. The highest BCUT2D eigenvalue weighted by Crippen LogP contribution is 2.27. The third-order valence-corrected chi connectivity index (χ3v) is 15.5. The zero-order chi connectivity index (χ0) is 55.1. The van der Waals surface area contributed by atoms with Crippen molar-refractivity contribution in [3.8, 4) is 0 Å². The molecule has 0 amide bonds. The van der Waals surface area contributed by atoms with Gasteiger partial charge in [-0.05, 0) is 38.5 Å². The highest BCUT2D eigenvalue weighted by atomic mass is 16.7. The molecule has 0 saturated carbocycles. The van der Waals surface area contributed by atoms with Gasteiger partial charge in [0.05, 0.1) is 26.4 Å². The molecule has 11 atom stereocenters. The molecule has 2 heterocycles. The predicted molar refractivity (Wildman–Crippen MR) is 303 cm³/mol. The fraction of sp³-hybridized carbons (Fsp3) is 0.952. The molecule has 0 aromatic rings. The van der Waals surface area contributed by atoms with Crippen molar-refractivity contribution < 1.29 is 69.0 Å². The Kier molecular flexibility index (Phi) is 46.2. The van der Waals surface area contributed by atoms with Crippen molar-refractivity contribution in [1.29, 1.82) is 0 Å². The van der Waals surface area contributed by atoms with Crippen molar-refractivity contribution in [2.75, 3.05) is 33.0 Å². The van der Waals surface area contributed by atoms with Crippen LogP contribution in [-0.4, -0.2) is 142 Å². The van der Waals surface area contributed by atoms with E-state index in [9.17, 15) is 40.5 Å². The molecule has 2 aliphatic rings. The van der Waals surface area contributed by atoms with Crippen molar-refractivity contribution in [3.05, 3.63) is 12.2 Å². The van der Waals surface area contributed by atoms with E-state index in [0.717, 1.165) is 38.5 Å². The van der Waals surface area contributed by atoms with Crippen LogP contribution in [-0.2, 0) is 33.2 Å². The molecule has 2 aliphatic heterocycles. The van der Waals surface area contributed by atoms with Gasteiger partial charge in [0.2, 0.25) is 0 Å². The number of hydrogen-bond donors (Lipinski definition) is 7. The molecule has 7 N–H and O–H groups in total. The second kappa shape index (κ2) is 49.5. The van der Waals surface area contributed by atoms with E-state index < -0.39 is 80.7 Å². The lowest BCUT2D eigenvalue weighted by Gasteiger charge is -2.42. The van der Waals surface area contributed by atoms with Crippen LogP contribution in [0.3, 0.4) is 0 Å². The maximum absolute atomic E-state index is 13.1. The van der Waals surface area contributed by atoms with Gasteiger partial charge in [-0.3, -0.25) is 4.79 Å². The predicted octanol–water partition coefficient (Wildman–Crippen LogP) is 12.1. The van der Waals surface area contributed by atoms with E-state index in [0.29, 0.717) is 13.0 Å². The summed E-state index contributed by atoms with van der Waals surface area (Å²) in [7, 11) is 0. The van der Waals surface area contributed by atoms with Crippen LogP contribution in [0.5, 0.6) is 0 Å². The average Bonchev–Trinajstić information content (AvgIpc) is 3.42. The molecule has 0 bridgehead atoms. The van der Waals surface area contributed by atoms with Crippen molar-refractivity contribution in [3.63, 3.8) is 0 Å². The minimum atomic E-state index is -1.70. The summed E-state index contributed by atoms with van der Waals surface area (Å²) >= 11 is 0. The Morgan fingerprint density at radius 1 is 0.421 bits per heavy atom. The smallest absolute Gasteiger partial charge is 0.306 e. The lowest BCUT2D eigenvalue weighted by Crippen LogP contribution is -2.61. The van der Waals surface area contributed by atoms with Crippen molar-refractivity contribution >= 4 is 5.97 Å². The lowest BCUT2D eigenvalue weighted by molar-refractivity contribution is -0.332. The van der Waals surface area contributed by atoms with E-state index in [-0.39, 0.29) is 25.6 Å². The second-order valence-electron chi connectivity index (χ2n) is 22.6. The first-order valence-corrected chi connectivity index (χ1v) is 31.8. The molecule has 76 heavy (non-hydrogen) atoms. The van der Waals surface area contributed by atoms with Crippen LogP contribution in [0.4, 0.5) is 0 Å². The maximum Gasteiger partial charge on any atom is 0.306 e. The molecule has 0 aromatic heterocycles. The Bertz CT molecular complexity index is 1310. The van der Waals surface area contributed by atoms with Gasteiger partial charge in [0, 0.05) is 13.0 Å². The van der Waals surface area contributed by atoms with Crippen LogP contribution in [0.25, 0.3) is 0 Å². The van der Waals surface area contributed by atoms with E-state index >= 15 is 0 Å². The first-order chi connectivity index (χ1) is 37.1. The number of carbonyl (C=O) groups excluding carboxylic acids is 1. The van der Waals surface area contributed by atoms with Crippen molar-refractivity contribution in [1.82, 2.24) is 0 Å². The van der Waals surface area contributed by atoms with Crippen molar-refractivity contribution in [2.45, 2.75) is 345 Å². The number of carbonyl (C=O) groups is 1. The van der Waals surface area contributed by atoms with E-state index in [1.165, 1.54) is 212 Å². The summed E-state index contributed by atoms with van der Waals surface area (Å²) < 4.78 is 34.5. The molecule has 2 rings (SSSR count). The number of hydrogen-bond acceptors (Lipinski definition) is 14. The maximum atomic E-state index is 13.1. The summed E-state index contributed by atoms with van der Waals surface area (Å²) in [6.45, 7) is 3.76. The van der Waals surface area contributed by atoms with Crippen LogP contribution in [0.1, 0.15) is 277 Å². The average molecular weight is 1090 g/mol. The topological polar surface area (TPSA) is 214 Å². The molecule has 0 spiro atoms. The summed E-state index contributed by atoms with van der Waals surface area (Å²) in [5.41, 5.74) is 0. The molecule has 2 saturated heterocycles. The van der Waals surface area contributed by atoms with Gasteiger partial charge in [0.1, 0.15) is 54.9 Å². The number of ether oxygens (including phenoxy) is 6. The lowest BCUT2D eigenvalue weighted by atomic mass is 9.98. The van der Waals surface area contributed by atoms with Gasteiger partial charge in [-0.1, -0.05) is 244 Å². The molecule has 0 radical (unpaired) electrons. The molecule has 14 heteroatoms. The summed E-state index contributed by atoms with van der Waals surface area (Å²) in [5, 5.41) is 72.5. The summed E-state index contributed by atoms with van der Waals surface area (Å²) in [6.07, 6.45) is 39.9. The van der Waals surface area contributed by atoms with Crippen LogP contribution < -0.4 is 0 Å². The molecule has 0 aromatic carbocycles. The fourth-order valence-corrected chi connectivity index (χ4v) is 10.4. The first kappa shape index (κ1) is 70.8. The number of allylic oxidation sites excluding steroid dienone is 2. The molecular formula is C62H118O14. The van der Waals surface area contributed by atoms with E-state index in [4.69, 9.17) is 28.4 Å². The van der Waals surface area contributed by atoms with Crippen LogP contribution in [0.15, 0.2) is 12.2 Å². The monoisotopic (exact) mass is 1090 g/mol. The summed E-state index contributed by atoms with van der Waals surface area (Å²) in [5.74, 6) is -0.368. The number of aliphatic hydroxyl groups is 7. The van der Waals surface area contributed by atoms with Crippen LogP contribution in [0, 0.1) is 0 Å². The summed E-state index contributed by atoms with van der Waals surface area (Å²) in [6, 6.07) is 0. The van der Waals surface area contributed by atoms with Gasteiger partial charge >= 0.3 is 5.97 Å². The molecule has 450 valence electrons. The largest absolute Gasteiger partial charge is 0.457 e. The highest BCUT2D eigenvalue weighted by molar-refractivity contribution is 5.69. The van der Waals surface area contributed by atoms with Gasteiger partial charge in [-0.2, -0.15) is 0 Å². The van der Waals surface area contributed by atoms with Gasteiger partial charge in [0.25, 0.3) is 0 Å². The van der Waals surface area contributed by atoms with Gasteiger partial charge in [-0.15, -0.1) is 0 Å². The Labute approximate surface area is 463 Å². The highest BCUT2D eigenvalue weighted by Gasteiger charge is 2.47. The number of unbranched alkanes of at least 4 members (excludes halogenated alkanes) is 37. The SMILES string of the molecule is CCCCCCCC/C=C\CCCCCCCCCCCCOCC(COC1OC(COC2OC(CO)C(O)C(O)C2O)C(O)C(O)C1O)OC(=O)CCCCCCCCCCCCCCCCCCCCCCCC. The minimum Gasteiger partial charge on any atom is -0.457 e. The van der Waals surface area contributed by atoms with Gasteiger partial charge in [0.15, 0.2) is 12.6 Å². The number of rotatable bonds is 53. The molecule has 14 nitrogen and oxygen atoms in total. The fourth-order valence-electron chi connectivity index (χ4n) is 10.4. The Morgan fingerprint density at radius 3 is 1.20 bits per heavy atom. The minimum absolute atomic E-state index is 0.0671. The zero-order valence-electron chi connectivity index (χ0n) is 48.5.